The van der Waals surface area contributed by atoms with Gasteiger partial charge in [-0.2, -0.15) is 0 Å². The van der Waals surface area contributed by atoms with E-state index < -0.39 is 24.3 Å². The fourth-order valence-corrected chi connectivity index (χ4v) is 8.62. The van der Waals surface area contributed by atoms with E-state index >= 15 is 0 Å². The first-order valence-electron chi connectivity index (χ1n) is 19.7. The van der Waals surface area contributed by atoms with Gasteiger partial charge in [-0.1, -0.05) is 63.8 Å². The Kier molecular flexibility index (Phi) is 10.0. The van der Waals surface area contributed by atoms with Gasteiger partial charge in [-0.05, 0) is 84.7 Å². The minimum atomic E-state index is -1.20. The second kappa shape index (κ2) is 15.1. The lowest BCUT2D eigenvalue weighted by molar-refractivity contribution is -0.137. The van der Waals surface area contributed by atoms with E-state index in [4.69, 9.17) is 9.72 Å². The molecule has 2 aromatic carbocycles. The molecule has 2 aliphatic heterocycles. The fourth-order valence-electron chi connectivity index (χ4n) is 8.62. The average Bonchev–Trinajstić information content (AvgIpc) is 3.78. The molecule has 5 N–H and O–H groups in total. The summed E-state index contributed by atoms with van der Waals surface area (Å²) in [4.78, 5) is 70.7. The number of ether oxygens (including phenoxy) is 1. The molecular weight excluding hydrogens is 725 g/mol. The zero-order valence-electron chi connectivity index (χ0n) is 32.7. The Balaban J connectivity index is 0.905. The number of carboxylic acid groups (broad SMARTS) is 1. The number of piperidine rings is 2. The highest BCUT2D eigenvalue weighted by Crippen LogP contribution is 2.54. The monoisotopic (exact) mass is 772 g/mol. The zero-order valence-corrected chi connectivity index (χ0v) is 32.7. The summed E-state index contributed by atoms with van der Waals surface area (Å²) in [5.74, 6) is 8.21. The van der Waals surface area contributed by atoms with Crippen LogP contribution in [-0.2, 0) is 14.3 Å². The number of nitrogens with one attached hydrogen (secondary N) is 4. The number of likely N-dealkylation sites (tertiary alicyclic amines) is 2. The maximum atomic E-state index is 13.7. The number of carbonyl (C=O) groups excluding carboxylic acids is 3. The Morgan fingerprint density at radius 3 is 1.51 bits per heavy atom. The van der Waals surface area contributed by atoms with Gasteiger partial charge in [-0.15, -0.1) is 0 Å². The van der Waals surface area contributed by atoms with Crippen LogP contribution in [-0.4, -0.2) is 90.1 Å². The van der Waals surface area contributed by atoms with Crippen LogP contribution in [0.4, 0.5) is 9.59 Å². The van der Waals surface area contributed by atoms with E-state index in [1.165, 1.54) is 7.11 Å². The number of H-pyrrole nitrogens is 2. The molecule has 2 aromatic heterocycles. The minimum Gasteiger partial charge on any atom is -0.465 e. The van der Waals surface area contributed by atoms with Crippen LogP contribution in [0.1, 0.15) is 88.2 Å². The van der Waals surface area contributed by atoms with Gasteiger partial charge < -0.3 is 40.2 Å². The van der Waals surface area contributed by atoms with Crippen LogP contribution in [0.2, 0.25) is 0 Å². The number of methoxy groups -OCH3 is 1. The molecule has 8 atom stereocenters. The average molecular weight is 773 g/mol. The maximum absolute atomic E-state index is 13.7. The molecule has 0 unspecified atom stereocenters. The molecule has 2 saturated heterocycles. The Hall–Kier alpha value is -6.10. The van der Waals surface area contributed by atoms with Gasteiger partial charge in [0, 0.05) is 23.2 Å². The third kappa shape index (κ3) is 7.58. The molecule has 57 heavy (non-hydrogen) atoms. The Morgan fingerprint density at radius 2 is 1.12 bits per heavy atom. The Morgan fingerprint density at radius 1 is 0.702 bits per heavy atom. The summed E-state index contributed by atoms with van der Waals surface area (Å²) in [6.45, 7) is 7.51. The molecule has 4 aliphatic rings. The molecule has 4 heterocycles. The summed E-state index contributed by atoms with van der Waals surface area (Å²) in [5, 5.41) is 14.5. The number of imidazole rings is 2. The van der Waals surface area contributed by atoms with Crippen LogP contribution < -0.4 is 10.6 Å². The number of fused-ring (bicyclic) bond motifs is 2. The number of aromatic nitrogens is 4. The first-order valence-corrected chi connectivity index (χ1v) is 19.7. The van der Waals surface area contributed by atoms with Crippen LogP contribution >= 0.6 is 0 Å². The zero-order chi connectivity index (χ0) is 40.1. The number of rotatable bonds is 10. The predicted octanol–water partition coefficient (Wildman–Crippen LogP) is 5.86. The molecular formula is C43H48N8O6. The molecule has 4 fully saturated rings. The van der Waals surface area contributed by atoms with Crippen molar-refractivity contribution in [3.63, 3.8) is 0 Å². The summed E-state index contributed by atoms with van der Waals surface area (Å²) >= 11 is 0. The van der Waals surface area contributed by atoms with E-state index in [-0.39, 0.29) is 47.8 Å². The smallest absolute Gasteiger partial charge is 0.407 e. The maximum Gasteiger partial charge on any atom is 0.407 e. The highest BCUT2D eigenvalue weighted by Gasteiger charge is 2.57. The standard InChI is InChI=1S/C43H48N8O6/c1-22(2)36(48-42(54)55)40(52)50-32-16-28(32)18-34(50)38-44-20-30(46-38)26-12-8-24(9-13-26)6-7-25-10-14-27(15-11-25)31-21-45-39(47-31)35-19-29-17-33(29)51(35)41(53)37(23(3)4)49-43(56)57-5/h8-15,20-23,28-29,32-37,48H,16-19H2,1-5H3,(H,44,46)(H,45,47)(H,49,56)(H,54,55)/t28-,29-,32-,33-,34+,35+,36+,37+/m1/s1. The number of alkyl carbamates (subject to hydrolysis) is 1. The van der Waals surface area contributed by atoms with E-state index in [1.54, 1.807) is 12.4 Å². The van der Waals surface area contributed by atoms with Crippen molar-refractivity contribution in [3.05, 3.63) is 83.7 Å². The largest absolute Gasteiger partial charge is 0.465 e. The van der Waals surface area contributed by atoms with Crippen molar-refractivity contribution in [2.45, 2.75) is 89.6 Å². The summed E-state index contributed by atoms with van der Waals surface area (Å²) in [5.41, 5.74) is 5.29. The molecule has 8 rings (SSSR count). The molecule has 2 saturated carbocycles. The lowest BCUT2D eigenvalue weighted by Crippen LogP contribution is -2.52. The first-order chi connectivity index (χ1) is 27.4. The van der Waals surface area contributed by atoms with Gasteiger partial charge in [0.25, 0.3) is 0 Å². The molecule has 2 aliphatic carbocycles. The topological polar surface area (TPSA) is 186 Å². The molecule has 4 aromatic rings. The van der Waals surface area contributed by atoms with Crippen LogP contribution in [0.5, 0.6) is 0 Å². The molecule has 14 heteroatoms. The van der Waals surface area contributed by atoms with Crippen molar-refractivity contribution < 1.29 is 29.0 Å². The predicted molar refractivity (Wildman–Crippen MR) is 210 cm³/mol. The van der Waals surface area contributed by atoms with Gasteiger partial charge in [0.1, 0.15) is 23.7 Å². The van der Waals surface area contributed by atoms with E-state index in [0.29, 0.717) is 17.7 Å². The van der Waals surface area contributed by atoms with E-state index in [1.807, 2.05) is 86.0 Å². The highest BCUT2D eigenvalue weighted by molar-refractivity contribution is 5.88. The lowest BCUT2D eigenvalue weighted by Gasteiger charge is -2.31. The van der Waals surface area contributed by atoms with Crippen LogP contribution in [0, 0.1) is 35.5 Å². The van der Waals surface area contributed by atoms with Gasteiger partial charge in [-0.3, -0.25) is 9.59 Å². The fraction of sp³-hybridized carbons (Fsp3) is 0.442. The first kappa shape index (κ1) is 37.8. The third-order valence-corrected chi connectivity index (χ3v) is 11.9. The number of nitrogens with zero attached hydrogens (tertiary/aromatic N) is 4. The van der Waals surface area contributed by atoms with Crippen LogP contribution in [0.15, 0.2) is 60.9 Å². The van der Waals surface area contributed by atoms with E-state index in [9.17, 15) is 24.3 Å². The Bertz CT molecular complexity index is 2230. The molecule has 14 nitrogen and oxygen atoms in total. The van der Waals surface area contributed by atoms with Crippen LogP contribution in [0.25, 0.3) is 22.5 Å². The van der Waals surface area contributed by atoms with Gasteiger partial charge in [0.15, 0.2) is 0 Å². The second-order valence-electron chi connectivity index (χ2n) is 16.4. The van der Waals surface area contributed by atoms with Gasteiger partial charge in [0.2, 0.25) is 11.8 Å². The number of amides is 4. The lowest BCUT2D eigenvalue weighted by atomic mass is 10.0. The van der Waals surface area contributed by atoms with Crippen molar-refractivity contribution in [2.24, 2.45) is 23.7 Å². The minimum absolute atomic E-state index is 0.102. The molecule has 4 amide bonds. The quantitative estimate of drug-likeness (QED) is 0.124. The van der Waals surface area contributed by atoms with E-state index in [2.05, 4.69) is 37.4 Å². The molecule has 0 spiro atoms. The molecule has 0 bridgehead atoms. The number of aromatic amines is 2. The normalized spacial score (nSPS) is 23.9. The highest BCUT2D eigenvalue weighted by atomic mass is 16.5. The number of hydrogen-bond donors (Lipinski definition) is 5. The van der Waals surface area contributed by atoms with Gasteiger partial charge in [-0.25, -0.2) is 19.6 Å². The summed E-state index contributed by atoms with van der Waals surface area (Å²) in [7, 11) is 1.29. The third-order valence-electron chi connectivity index (χ3n) is 11.9. The van der Waals surface area contributed by atoms with Crippen molar-refractivity contribution in [1.29, 1.82) is 0 Å². The summed E-state index contributed by atoms with van der Waals surface area (Å²) in [6.07, 6.45) is 5.31. The summed E-state index contributed by atoms with van der Waals surface area (Å²) < 4.78 is 4.78. The molecule has 0 radical (unpaired) electrons. The SMILES string of the molecule is COC(=O)N[C@H](C(=O)N1[C@@H]2C[C@@H]2C[C@H]1c1ncc(-c2ccc(C#Cc3ccc(-c4cnc([C@@H]5C[C@H]6C[C@H]6N5C(=O)[C@@H](NC(=O)O)C(C)C)[nH]4)cc3)cc2)[nH]1)C(C)C. The molecule has 296 valence electrons. The van der Waals surface area contributed by atoms with Gasteiger partial charge >= 0.3 is 12.2 Å². The Labute approximate surface area is 331 Å². The van der Waals surface area contributed by atoms with Crippen molar-refractivity contribution in [2.75, 3.05) is 7.11 Å². The number of carbonyl (C=O) groups is 4. The van der Waals surface area contributed by atoms with Crippen molar-refractivity contribution >= 4 is 24.0 Å². The number of hydrogen-bond acceptors (Lipinski definition) is 7. The number of benzene rings is 2. The van der Waals surface area contributed by atoms with Crippen molar-refractivity contribution in [1.82, 2.24) is 40.4 Å². The van der Waals surface area contributed by atoms with Crippen LogP contribution in [0.3, 0.4) is 0 Å². The van der Waals surface area contributed by atoms with Gasteiger partial charge in [0.05, 0.1) is 43.0 Å². The van der Waals surface area contributed by atoms with E-state index in [0.717, 1.165) is 65.1 Å². The summed E-state index contributed by atoms with van der Waals surface area (Å²) in [6, 6.07) is 14.2. The van der Waals surface area contributed by atoms with Crippen molar-refractivity contribution in [3.8, 4) is 34.4 Å². The second-order valence-corrected chi connectivity index (χ2v) is 16.4.